The zero-order valence-electron chi connectivity index (χ0n) is 17.8. The lowest BCUT2D eigenvalue weighted by atomic mass is 10.0. The molecule has 1 aliphatic heterocycles. The van der Waals surface area contributed by atoms with E-state index in [9.17, 15) is 21.6 Å². The largest absolute Gasteiger partial charge is 0.497 e. The number of sulfone groups is 1. The van der Waals surface area contributed by atoms with E-state index in [4.69, 9.17) is 27.9 Å². The maximum absolute atomic E-state index is 13.9. The van der Waals surface area contributed by atoms with Gasteiger partial charge in [-0.2, -0.15) is 13.2 Å². The highest BCUT2D eigenvalue weighted by Crippen LogP contribution is 2.45. The van der Waals surface area contributed by atoms with E-state index >= 15 is 0 Å². The fraction of sp³-hybridized carbons (Fsp3) is 0.182. The SMILES string of the molecule is C=[N+]1C(C)=C(S(=O)(=O)c2cccc(OC)c2)C(c2ccc(Cl)c(Cl)c2)n2nc(C(F)(F)F)cc21. The van der Waals surface area contributed by atoms with E-state index in [1.54, 1.807) is 6.07 Å². The molecular weight excluding hydrogens is 514 g/mol. The first-order valence-corrected chi connectivity index (χ1v) is 11.9. The van der Waals surface area contributed by atoms with Gasteiger partial charge in [-0.15, -0.1) is 4.68 Å². The molecule has 0 radical (unpaired) electrons. The zero-order valence-corrected chi connectivity index (χ0v) is 20.1. The smallest absolute Gasteiger partial charge is 0.437 e. The third-order valence-electron chi connectivity index (χ3n) is 5.44. The topological polar surface area (TPSA) is 64.2 Å². The number of methoxy groups -OCH3 is 1. The van der Waals surface area contributed by atoms with Gasteiger partial charge in [0.05, 0.1) is 34.8 Å². The minimum Gasteiger partial charge on any atom is -0.497 e. The van der Waals surface area contributed by atoms with Gasteiger partial charge >= 0.3 is 12.0 Å². The second kappa shape index (κ2) is 8.44. The van der Waals surface area contributed by atoms with Crippen LogP contribution in [-0.4, -0.2) is 36.6 Å². The predicted octanol–water partition coefficient (Wildman–Crippen LogP) is 5.87. The average molecular weight is 531 g/mol. The van der Waals surface area contributed by atoms with Crippen LogP contribution in [0.15, 0.2) is 64.0 Å². The van der Waals surface area contributed by atoms with Crippen molar-refractivity contribution in [3.63, 3.8) is 0 Å². The van der Waals surface area contributed by atoms with Gasteiger partial charge in [0.1, 0.15) is 16.4 Å². The van der Waals surface area contributed by atoms with Crippen molar-refractivity contribution < 1.29 is 30.9 Å². The molecule has 0 saturated carbocycles. The molecule has 12 heteroatoms. The van der Waals surface area contributed by atoms with Gasteiger partial charge in [-0.25, -0.2) is 13.0 Å². The molecule has 0 bridgehead atoms. The minimum atomic E-state index is -4.76. The third-order valence-corrected chi connectivity index (χ3v) is 8.15. The Balaban J connectivity index is 2.03. The molecule has 34 heavy (non-hydrogen) atoms. The monoisotopic (exact) mass is 530 g/mol. The summed E-state index contributed by atoms with van der Waals surface area (Å²) in [5, 5.41) is 4.03. The highest BCUT2D eigenvalue weighted by Gasteiger charge is 2.47. The Morgan fingerprint density at radius 3 is 2.44 bits per heavy atom. The molecule has 0 aliphatic carbocycles. The summed E-state index contributed by atoms with van der Waals surface area (Å²) >= 11 is 12.2. The van der Waals surface area contributed by atoms with Crippen LogP contribution in [0.5, 0.6) is 5.75 Å². The molecule has 1 atom stereocenters. The van der Waals surface area contributed by atoms with Crippen LogP contribution < -0.4 is 4.74 Å². The number of allylic oxidation sites excluding steroid dienone is 2. The maximum atomic E-state index is 13.9. The number of rotatable bonds is 4. The van der Waals surface area contributed by atoms with Crippen molar-refractivity contribution in [1.29, 1.82) is 0 Å². The van der Waals surface area contributed by atoms with E-state index in [1.807, 2.05) is 0 Å². The molecule has 1 unspecified atom stereocenters. The van der Waals surface area contributed by atoms with Gasteiger partial charge in [-0.05, 0) is 37.3 Å². The number of nitrogens with zero attached hydrogens (tertiary/aromatic N) is 3. The van der Waals surface area contributed by atoms with Crippen molar-refractivity contribution >= 4 is 45.6 Å². The van der Waals surface area contributed by atoms with Crippen molar-refractivity contribution in [3.05, 3.63) is 80.4 Å². The Hall–Kier alpha value is -2.82. The summed E-state index contributed by atoms with van der Waals surface area (Å²) in [5.41, 5.74) is -0.782. The van der Waals surface area contributed by atoms with E-state index in [-0.39, 0.29) is 36.9 Å². The van der Waals surface area contributed by atoms with Gasteiger partial charge in [-0.3, -0.25) is 0 Å². The first-order chi connectivity index (χ1) is 15.9. The van der Waals surface area contributed by atoms with E-state index in [0.717, 1.165) is 15.3 Å². The van der Waals surface area contributed by atoms with Crippen molar-refractivity contribution in [2.75, 3.05) is 7.11 Å². The highest BCUT2D eigenvalue weighted by molar-refractivity contribution is 7.95. The first kappa shape index (κ1) is 24.3. The lowest BCUT2D eigenvalue weighted by molar-refractivity contribution is -0.385. The molecule has 1 aliphatic rings. The number of alkyl halides is 3. The summed E-state index contributed by atoms with van der Waals surface area (Å²) in [5.74, 6) is 0.261. The van der Waals surface area contributed by atoms with Gasteiger partial charge in [0, 0.05) is 5.56 Å². The van der Waals surface area contributed by atoms with Crippen molar-refractivity contribution in [2.45, 2.75) is 24.0 Å². The fourth-order valence-corrected chi connectivity index (χ4v) is 5.86. The molecule has 178 valence electrons. The summed E-state index contributed by atoms with van der Waals surface area (Å²) in [6.07, 6.45) is -4.76. The molecular formula is C22H17Cl2F3N3O3S+. The molecule has 0 saturated heterocycles. The predicted molar refractivity (Wildman–Crippen MR) is 122 cm³/mol. The van der Waals surface area contributed by atoms with Crippen LogP contribution in [0.1, 0.15) is 24.2 Å². The van der Waals surface area contributed by atoms with E-state index in [2.05, 4.69) is 11.8 Å². The molecule has 0 spiro atoms. The van der Waals surface area contributed by atoms with Gasteiger partial charge in [-0.1, -0.05) is 40.4 Å². The standard InChI is InChI=1S/C22H17Cl2F3N3O3S/c1-12-21(34(31,32)15-6-4-5-14(10-15)33-3)20(13-7-8-16(23)17(24)9-13)30-19(29(12)2)11-18(28-30)22(25,26)27/h4-11,20H,2H2,1,3H3/q+1. The number of hydrogen-bond acceptors (Lipinski definition) is 4. The average Bonchev–Trinajstić information content (AvgIpc) is 3.24. The second-order valence-electron chi connectivity index (χ2n) is 7.47. The Morgan fingerprint density at radius 1 is 1.12 bits per heavy atom. The molecule has 2 aromatic carbocycles. The summed E-state index contributed by atoms with van der Waals surface area (Å²) in [6, 6.07) is 9.66. The fourth-order valence-electron chi connectivity index (χ4n) is 3.74. The normalized spacial score (nSPS) is 16.6. The van der Waals surface area contributed by atoms with E-state index in [0.29, 0.717) is 5.75 Å². The molecule has 6 nitrogen and oxygen atoms in total. The Morgan fingerprint density at radius 2 is 1.82 bits per heavy atom. The van der Waals surface area contributed by atoms with Crippen LogP contribution in [-0.2, 0) is 16.0 Å². The molecule has 0 fully saturated rings. The quantitative estimate of drug-likeness (QED) is 0.395. The number of hydrogen-bond donors (Lipinski definition) is 0. The number of aromatic nitrogens is 2. The van der Waals surface area contributed by atoms with Gasteiger partial charge < -0.3 is 4.74 Å². The lowest BCUT2D eigenvalue weighted by Gasteiger charge is -2.25. The second-order valence-corrected chi connectivity index (χ2v) is 10.2. The molecule has 3 aromatic rings. The molecule has 0 amide bonds. The van der Waals surface area contributed by atoms with Crippen LogP contribution in [0, 0.1) is 0 Å². The van der Waals surface area contributed by atoms with Gasteiger partial charge in [0.25, 0.3) is 0 Å². The Labute approximate surface area is 203 Å². The van der Waals surface area contributed by atoms with Crippen molar-refractivity contribution in [2.24, 2.45) is 0 Å². The van der Waals surface area contributed by atoms with Crippen molar-refractivity contribution in [3.8, 4) is 5.75 Å². The molecule has 1 aromatic heterocycles. The molecule has 0 N–H and O–H groups in total. The molecule has 2 heterocycles. The van der Waals surface area contributed by atoms with Crippen LogP contribution in [0.4, 0.5) is 19.0 Å². The maximum Gasteiger partial charge on any atom is 0.437 e. The summed E-state index contributed by atoms with van der Waals surface area (Å²) in [6.45, 7) is 5.24. The zero-order chi connectivity index (χ0) is 25.0. The first-order valence-electron chi connectivity index (χ1n) is 9.68. The number of halogens is 5. The molecule has 4 rings (SSSR count). The van der Waals surface area contributed by atoms with E-state index < -0.39 is 27.7 Å². The third kappa shape index (κ3) is 3.99. The Bertz CT molecular complexity index is 1460. The van der Waals surface area contributed by atoms with Crippen LogP contribution >= 0.6 is 23.2 Å². The summed E-state index contributed by atoms with van der Waals surface area (Å²) in [4.78, 5) is -0.315. The Kier molecular flexibility index (Phi) is 6.03. The van der Waals surface area contributed by atoms with Crippen molar-refractivity contribution in [1.82, 2.24) is 9.78 Å². The van der Waals surface area contributed by atoms with Crippen LogP contribution in [0.2, 0.25) is 10.0 Å². The highest BCUT2D eigenvalue weighted by atomic mass is 35.5. The van der Waals surface area contributed by atoms with Gasteiger partial charge in [0.15, 0.2) is 11.7 Å². The number of benzene rings is 2. The minimum absolute atomic E-state index is 0.0366. The van der Waals surface area contributed by atoms with Gasteiger partial charge in [0.2, 0.25) is 9.84 Å². The number of ether oxygens (including phenoxy) is 1. The lowest BCUT2D eigenvalue weighted by Crippen LogP contribution is -2.29. The number of fused-ring (bicyclic) bond motifs is 1. The van der Waals surface area contributed by atoms with Crippen LogP contribution in [0.3, 0.4) is 0 Å². The summed E-state index contributed by atoms with van der Waals surface area (Å²) < 4.78 is 75.6. The van der Waals surface area contributed by atoms with Crippen LogP contribution in [0.25, 0.3) is 0 Å². The summed E-state index contributed by atoms with van der Waals surface area (Å²) in [7, 11) is -2.88. The van der Waals surface area contributed by atoms with E-state index in [1.165, 1.54) is 50.4 Å².